The van der Waals surface area contributed by atoms with Crippen molar-refractivity contribution in [3.05, 3.63) is 36.2 Å². The first-order valence-electron chi connectivity index (χ1n) is 4.80. The van der Waals surface area contributed by atoms with Gasteiger partial charge in [-0.05, 0) is 12.1 Å². The van der Waals surface area contributed by atoms with Gasteiger partial charge in [-0.1, -0.05) is 6.07 Å². The van der Waals surface area contributed by atoms with Crippen molar-refractivity contribution in [2.45, 2.75) is 0 Å². The largest absolute Gasteiger partial charge is 0.386 e. The molecule has 2 N–H and O–H groups in total. The third-order valence-electron chi connectivity index (χ3n) is 1.85. The summed E-state index contributed by atoms with van der Waals surface area (Å²) in [5.74, 6) is -0.331. The fourth-order valence-corrected chi connectivity index (χ4v) is 1.12. The lowest BCUT2D eigenvalue weighted by Crippen LogP contribution is -2.24. The van der Waals surface area contributed by atoms with Gasteiger partial charge < -0.3 is 15.4 Å². The van der Waals surface area contributed by atoms with E-state index in [-0.39, 0.29) is 12.5 Å². The molecule has 1 rings (SSSR count). The van der Waals surface area contributed by atoms with Crippen LogP contribution in [-0.4, -0.2) is 30.8 Å². The van der Waals surface area contributed by atoms with Gasteiger partial charge in [0.05, 0.1) is 17.9 Å². The summed E-state index contributed by atoms with van der Waals surface area (Å²) in [6, 6.07) is 5.41. The molecule has 0 saturated carbocycles. The summed E-state index contributed by atoms with van der Waals surface area (Å²) in [6.07, 6.45) is 3.64. The second kappa shape index (κ2) is 6.34. The number of carbonyl (C=O) groups is 2. The van der Waals surface area contributed by atoms with Crippen LogP contribution >= 0.6 is 0 Å². The van der Waals surface area contributed by atoms with E-state index in [0.717, 1.165) is 0 Å². The molecule has 1 aromatic heterocycles. The van der Waals surface area contributed by atoms with Gasteiger partial charge in [-0.3, -0.25) is 9.78 Å². The van der Waals surface area contributed by atoms with E-state index in [0.29, 0.717) is 17.7 Å². The molecule has 16 heavy (non-hydrogen) atoms. The average Bonchev–Trinajstić information content (AvgIpc) is 2.34. The molecule has 5 heteroatoms. The molecular formula is C11H13N3O2. The van der Waals surface area contributed by atoms with Crippen LogP contribution in [0.2, 0.25) is 0 Å². The van der Waals surface area contributed by atoms with Crippen LogP contribution in [0.1, 0.15) is 5.69 Å². The molecule has 0 unspecified atom stereocenters. The van der Waals surface area contributed by atoms with Crippen LogP contribution in [0.3, 0.4) is 0 Å². The highest BCUT2D eigenvalue weighted by Gasteiger charge is 2.03. The molecular weight excluding hydrogens is 206 g/mol. The molecule has 1 aromatic rings. The Kier molecular flexibility index (Phi) is 4.72. The van der Waals surface area contributed by atoms with Crippen molar-refractivity contribution in [3.8, 4) is 0 Å². The molecule has 0 aromatic carbocycles. The maximum Gasteiger partial charge on any atom is 0.246 e. The maximum atomic E-state index is 11.3. The Hall–Kier alpha value is -2.17. The predicted octanol–water partition coefficient (Wildman–Crippen LogP) is -0.0430. The van der Waals surface area contributed by atoms with Crippen LogP contribution in [0, 0.1) is 0 Å². The lowest BCUT2D eigenvalue weighted by Gasteiger charge is -2.05. The van der Waals surface area contributed by atoms with Crippen molar-refractivity contribution in [2.75, 3.05) is 13.6 Å². The third-order valence-corrected chi connectivity index (χ3v) is 1.85. The summed E-state index contributed by atoms with van der Waals surface area (Å²) in [4.78, 5) is 25.5. The molecule has 84 valence electrons. The van der Waals surface area contributed by atoms with Crippen molar-refractivity contribution in [3.63, 3.8) is 0 Å². The van der Waals surface area contributed by atoms with Crippen molar-refractivity contribution in [1.82, 2.24) is 15.6 Å². The quantitative estimate of drug-likeness (QED) is 0.538. The zero-order valence-corrected chi connectivity index (χ0v) is 8.93. The summed E-state index contributed by atoms with van der Waals surface area (Å²) in [7, 11) is 1.70. The van der Waals surface area contributed by atoms with E-state index >= 15 is 0 Å². The van der Waals surface area contributed by atoms with Crippen molar-refractivity contribution >= 4 is 17.9 Å². The zero-order valence-electron chi connectivity index (χ0n) is 8.93. The van der Waals surface area contributed by atoms with Crippen molar-refractivity contribution in [2.24, 2.45) is 0 Å². The van der Waals surface area contributed by atoms with Gasteiger partial charge in [0.1, 0.15) is 6.29 Å². The molecule has 0 saturated heterocycles. The van der Waals surface area contributed by atoms with E-state index in [2.05, 4.69) is 15.6 Å². The Balaban J connectivity index is 2.78. The zero-order chi connectivity index (χ0) is 11.8. The maximum absolute atomic E-state index is 11.3. The number of carbonyl (C=O) groups excluding carboxylic acids is 2. The van der Waals surface area contributed by atoms with Gasteiger partial charge in [-0.15, -0.1) is 0 Å². The molecule has 1 amide bonds. The number of amides is 1. The van der Waals surface area contributed by atoms with E-state index in [9.17, 15) is 9.59 Å². The number of pyridine rings is 1. The number of hydrogen-bond donors (Lipinski definition) is 2. The first-order valence-corrected chi connectivity index (χ1v) is 4.80. The number of hydrogen-bond acceptors (Lipinski definition) is 4. The van der Waals surface area contributed by atoms with Gasteiger partial charge in [0.2, 0.25) is 5.91 Å². The van der Waals surface area contributed by atoms with E-state index in [1.54, 1.807) is 25.4 Å². The van der Waals surface area contributed by atoms with Crippen LogP contribution < -0.4 is 10.6 Å². The lowest BCUT2D eigenvalue weighted by molar-refractivity contribution is -0.118. The second-order valence-corrected chi connectivity index (χ2v) is 2.93. The van der Waals surface area contributed by atoms with E-state index < -0.39 is 0 Å². The normalized spacial score (nSPS) is 10.7. The predicted molar refractivity (Wildman–Crippen MR) is 60.3 cm³/mol. The monoisotopic (exact) mass is 219 g/mol. The van der Waals surface area contributed by atoms with Crippen LogP contribution in [0.4, 0.5) is 0 Å². The summed E-state index contributed by atoms with van der Waals surface area (Å²) in [5, 5.41) is 5.29. The smallest absolute Gasteiger partial charge is 0.246 e. The van der Waals surface area contributed by atoms with Gasteiger partial charge in [0, 0.05) is 19.3 Å². The summed E-state index contributed by atoms with van der Waals surface area (Å²) in [6.45, 7) is 0.00848. The molecule has 0 aliphatic rings. The van der Waals surface area contributed by atoms with Crippen LogP contribution in [0.5, 0.6) is 0 Å². The molecule has 0 spiro atoms. The SMILES string of the molecule is CNC(=CC(=O)NCC=O)c1ccccn1. The van der Waals surface area contributed by atoms with E-state index in [1.165, 1.54) is 6.08 Å². The van der Waals surface area contributed by atoms with Gasteiger partial charge >= 0.3 is 0 Å². The first kappa shape index (κ1) is 11.9. The van der Waals surface area contributed by atoms with Gasteiger partial charge in [0.25, 0.3) is 0 Å². The lowest BCUT2D eigenvalue weighted by atomic mass is 10.2. The second-order valence-electron chi connectivity index (χ2n) is 2.93. The molecule has 0 atom stereocenters. The minimum Gasteiger partial charge on any atom is -0.386 e. The summed E-state index contributed by atoms with van der Waals surface area (Å²) in [5.41, 5.74) is 1.27. The number of nitrogens with zero attached hydrogens (tertiary/aromatic N) is 1. The Bertz CT molecular complexity index is 387. The molecule has 1 heterocycles. The fourth-order valence-electron chi connectivity index (χ4n) is 1.12. The Morgan fingerprint density at radius 2 is 2.31 bits per heavy atom. The van der Waals surface area contributed by atoms with Gasteiger partial charge in [-0.25, -0.2) is 0 Å². The topological polar surface area (TPSA) is 71.1 Å². The minimum absolute atomic E-state index is 0.00848. The number of nitrogens with one attached hydrogen (secondary N) is 2. The summed E-state index contributed by atoms with van der Waals surface area (Å²) >= 11 is 0. The molecule has 0 aliphatic heterocycles. The molecule has 0 fully saturated rings. The van der Waals surface area contributed by atoms with Gasteiger partial charge in [0.15, 0.2) is 0 Å². The average molecular weight is 219 g/mol. The number of aldehydes is 1. The molecule has 0 aliphatic carbocycles. The van der Waals surface area contributed by atoms with Crippen molar-refractivity contribution < 1.29 is 9.59 Å². The van der Waals surface area contributed by atoms with E-state index in [1.807, 2.05) is 6.07 Å². The number of aromatic nitrogens is 1. The molecule has 5 nitrogen and oxygen atoms in total. The molecule has 0 radical (unpaired) electrons. The minimum atomic E-state index is -0.331. The van der Waals surface area contributed by atoms with Crippen LogP contribution in [0.25, 0.3) is 5.70 Å². The van der Waals surface area contributed by atoms with Crippen molar-refractivity contribution in [1.29, 1.82) is 0 Å². The van der Waals surface area contributed by atoms with Gasteiger partial charge in [-0.2, -0.15) is 0 Å². The highest BCUT2D eigenvalue weighted by molar-refractivity contribution is 5.95. The highest BCUT2D eigenvalue weighted by Crippen LogP contribution is 2.05. The fraction of sp³-hybridized carbons (Fsp3) is 0.182. The third kappa shape index (κ3) is 3.53. The first-order chi connectivity index (χ1) is 7.77. The summed E-state index contributed by atoms with van der Waals surface area (Å²) < 4.78 is 0. The molecule has 0 bridgehead atoms. The Morgan fingerprint density at radius 1 is 1.50 bits per heavy atom. The van der Waals surface area contributed by atoms with Crippen LogP contribution in [-0.2, 0) is 9.59 Å². The van der Waals surface area contributed by atoms with E-state index in [4.69, 9.17) is 0 Å². The number of rotatable bonds is 5. The Labute approximate surface area is 93.6 Å². The standard InChI is InChI=1S/C11H13N3O2/c1-12-10(8-11(16)14-6-7-15)9-4-2-3-5-13-9/h2-5,7-8,12H,6H2,1H3,(H,14,16). The Morgan fingerprint density at radius 3 is 2.88 bits per heavy atom. The van der Waals surface area contributed by atoms with Crippen LogP contribution in [0.15, 0.2) is 30.5 Å². The highest BCUT2D eigenvalue weighted by atomic mass is 16.2.